The summed E-state index contributed by atoms with van der Waals surface area (Å²) in [6.07, 6.45) is 12.6. The van der Waals surface area contributed by atoms with Gasteiger partial charge in [0.1, 0.15) is 0 Å². The Labute approximate surface area is 137 Å². The maximum Gasteiger partial charge on any atom is 0.397 e. The molecule has 0 saturated carbocycles. The third-order valence-electron chi connectivity index (χ3n) is 3.71. The number of unbranched alkanes of at least 4 members (excludes halogenated alkanes) is 9. The van der Waals surface area contributed by atoms with Crippen molar-refractivity contribution in [3.05, 3.63) is 0 Å². The quantitative estimate of drug-likeness (QED) is 0.361. The summed E-state index contributed by atoms with van der Waals surface area (Å²) in [7, 11) is -0.638. The first kappa shape index (κ1) is 21.8. The first-order valence-electron chi connectivity index (χ1n) is 8.65. The molecule has 0 aromatic heterocycles. The Morgan fingerprint density at radius 1 is 0.909 bits per heavy atom. The van der Waals surface area contributed by atoms with Crippen LogP contribution in [-0.4, -0.2) is 44.6 Å². The van der Waals surface area contributed by atoms with Crippen LogP contribution in [0.3, 0.4) is 0 Å². The number of nitrogens with zero attached hydrogens (tertiary/aromatic N) is 1. The van der Waals surface area contributed by atoms with E-state index >= 15 is 0 Å². The molecular weight excluding hydrogens is 302 g/mol. The first-order chi connectivity index (χ1) is 10.3. The molecule has 0 rings (SSSR count). The number of rotatable bonds is 15. The normalized spacial score (nSPS) is 13.7. The van der Waals surface area contributed by atoms with E-state index in [1.54, 1.807) is 0 Å². The fraction of sp³-hybridized carbons (Fsp3) is 1.00. The molecule has 6 heteroatoms. The molecule has 0 fully saturated rings. The second kappa shape index (κ2) is 13.3. The third kappa shape index (κ3) is 16.2. The van der Waals surface area contributed by atoms with Crippen molar-refractivity contribution in [1.82, 2.24) is 4.90 Å². The monoisotopic (exact) mass is 337 g/mol. The van der Waals surface area contributed by atoms with Gasteiger partial charge in [-0.3, -0.25) is 4.55 Å². The van der Waals surface area contributed by atoms with Crippen LogP contribution < -0.4 is 0 Å². The maximum atomic E-state index is 10.8. The number of likely N-dealkylation sites (N-methyl/N-ethyl adjacent to an activating group) is 1. The molecule has 0 amide bonds. The smallest absolute Gasteiger partial charge is 0.307 e. The largest absolute Gasteiger partial charge is 0.397 e. The van der Waals surface area contributed by atoms with Gasteiger partial charge in [-0.1, -0.05) is 71.1 Å². The van der Waals surface area contributed by atoms with Gasteiger partial charge in [0.2, 0.25) is 0 Å². The Balaban J connectivity index is 3.63. The summed E-state index contributed by atoms with van der Waals surface area (Å²) in [4.78, 5) is 1.87. The Bertz CT molecular complexity index is 344. The van der Waals surface area contributed by atoms with E-state index in [1.807, 2.05) is 19.0 Å². The van der Waals surface area contributed by atoms with E-state index in [9.17, 15) is 8.42 Å². The summed E-state index contributed by atoms with van der Waals surface area (Å²) in [6, 6.07) is 0. The molecular formula is C16H35NO4S. The van der Waals surface area contributed by atoms with Gasteiger partial charge in [0, 0.05) is 6.54 Å². The molecule has 0 radical (unpaired) electrons. The maximum absolute atomic E-state index is 10.8. The molecule has 5 nitrogen and oxygen atoms in total. The SMILES string of the molecule is CCCCCCCCCCCCC(CN(C)C)OS(=O)(=O)O. The molecule has 22 heavy (non-hydrogen) atoms. The lowest BCUT2D eigenvalue weighted by Crippen LogP contribution is -2.30. The van der Waals surface area contributed by atoms with Crippen molar-refractivity contribution in [2.75, 3.05) is 20.6 Å². The first-order valence-corrected chi connectivity index (χ1v) is 10.0. The Morgan fingerprint density at radius 3 is 1.77 bits per heavy atom. The van der Waals surface area contributed by atoms with Crippen LogP contribution in [0.4, 0.5) is 0 Å². The zero-order chi connectivity index (χ0) is 16.8. The van der Waals surface area contributed by atoms with Gasteiger partial charge in [-0.25, -0.2) is 4.18 Å². The summed E-state index contributed by atoms with van der Waals surface area (Å²) in [6.45, 7) is 2.73. The van der Waals surface area contributed by atoms with Crippen molar-refractivity contribution in [1.29, 1.82) is 0 Å². The fourth-order valence-electron chi connectivity index (χ4n) is 2.61. The Kier molecular flexibility index (Phi) is 13.2. The van der Waals surface area contributed by atoms with Crippen LogP contribution >= 0.6 is 0 Å². The summed E-state index contributed by atoms with van der Waals surface area (Å²) >= 11 is 0. The third-order valence-corrected chi connectivity index (χ3v) is 4.22. The van der Waals surface area contributed by atoms with Crippen molar-refractivity contribution in [3.8, 4) is 0 Å². The van der Waals surface area contributed by atoms with Gasteiger partial charge in [-0.15, -0.1) is 0 Å². The predicted molar refractivity (Wildman–Crippen MR) is 91.4 cm³/mol. The molecule has 0 bridgehead atoms. The molecule has 0 saturated heterocycles. The Hall–Kier alpha value is -0.170. The van der Waals surface area contributed by atoms with Crippen molar-refractivity contribution in [2.24, 2.45) is 0 Å². The van der Waals surface area contributed by atoms with Crippen LogP contribution in [0.25, 0.3) is 0 Å². The molecule has 0 aliphatic rings. The van der Waals surface area contributed by atoms with E-state index in [2.05, 4.69) is 6.92 Å². The van der Waals surface area contributed by atoms with E-state index in [-0.39, 0.29) is 0 Å². The fourth-order valence-corrected chi connectivity index (χ4v) is 3.11. The van der Waals surface area contributed by atoms with Crippen LogP contribution in [0.2, 0.25) is 0 Å². The molecule has 0 aliphatic heterocycles. The average Bonchev–Trinajstić information content (AvgIpc) is 2.38. The van der Waals surface area contributed by atoms with Gasteiger partial charge in [-0.05, 0) is 20.5 Å². The summed E-state index contributed by atoms with van der Waals surface area (Å²) < 4.78 is 35.2. The highest BCUT2D eigenvalue weighted by Crippen LogP contribution is 2.14. The Morgan fingerprint density at radius 2 is 1.36 bits per heavy atom. The molecule has 0 spiro atoms. The molecule has 1 N–H and O–H groups in total. The lowest BCUT2D eigenvalue weighted by atomic mass is 10.0. The van der Waals surface area contributed by atoms with E-state index in [0.717, 1.165) is 12.8 Å². The molecule has 1 atom stereocenters. The molecule has 0 aromatic rings. The lowest BCUT2D eigenvalue weighted by Gasteiger charge is -2.19. The van der Waals surface area contributed by atoms with Crippen LogP contribution in [-0.2, 0) is 14.6 Å². The zero-order valence-electron chi connectivity index (χ0n) is 14.6. The topological polar surface area (TPSA) is 66.8 Å². The number of hydrogen-bond donors (Lipinski definition) is 1. The minimum Gasteiger partial charge on any atom is -0.307 e. The minimum absolute atomic E-state index is 0.459. The lowest BCUT2D eigenvalue weighted by molar-refractivity contribution is 0.137. The predicted octanol–water partition coefficient (Wildman–Crippen LogP) is 4.05. The highest BCUT2D eigenvalue weighted by Gasteiger charge is 2.17. The van der Waals surface area contributed by atoms with Gasteiger partial charge in [0.15, 0.2) is 0 Å². The standard InChI is InChI=1S/C16H35NO4S/c1-4-5-6-7-8-9-10-11-12-13-14-16(15-17(2)3)21-22(18,19)20/h16H,4-15H2,1-3H3,(H,18,19,20). The van der Waals surface area contributed by atoms with Crippen LogP contribution in [0.1, 0.15) is 77.6 Å². The van der Waals surface area contributed by atoms with E-state index in [0.29, 0.717) is 13.0 Å². The summed E-state index contributed by atoms with van der Waals surface area (Å²) in [5, 5.41) is 0. The minimum atomic E-state index is -4.36. The summed E-state index contributed by atoms with van der Waals surface area (Å²) in [5.74, 6) is 0. The van der Waals surface area contributed by atoms with Crippen molar-refractivity contribution < 1.29 is 17.2 Å². The van der Waals surface area contributed by atoms with Gasteiger partial charge in [0.25, 0.3) is 0 Å². The van der Waals surface area contributed by atoms with Crippen LogP contribution in [0, 0.1) is 0 Å². The van der Waals surface area contributed by atoms with Gasteiger partial charge in [-0.2, -0.15) is 8.42 Å². The second-order valence-corrected chi connectivity index (χ2v) is 7.43. The zero-order valence-corrected chi connectivity index (χ0v) is 15.4. The van der Waals surface area contributed by atoms with Crippen LogP contribution in [0.5, 0.6) is 0 Å². The second-order valence-electron chi connectivity index (χ2n) is 6.38. The van der Waals surface area contributed by atoms with E-state index < -0.39 is 16.5 Å². The van der Waals surface area contributed by atoms with Gasteiger partial charge >= 0.3 is 10.4 Å². The highest BCUT2D eigenvalue weighted by atomic mass is 32.3. The van der Waals surface area contributed by atoms with E-state index in [1.165, 1.54) is 51.4 Å². The highest BCUT2D eigenvalue weighted by molar-refractivity contribution is 7.80. The molecule has 0 heterocycles. The van der Waals surface area contributed by atoms with Crippen molar-refractivity contribution in [3.63, 3.8) is 0 Å². The summed E-state index contributed by atoms with van der Waals surface area (Å²) in [5.41, 5.74) is 0. The molecule has 0 aromatic carbocycles. The average molecular weight is 338 g/mol. The van der Waals surface area contributed by atoms with Crippen LogP contribution in [0.15, 0.2) is 0 Å². The van der Waals surface area contributed by atoms with Gasteiger partial charge in [0.05, 0.1) is 6.10 Å². The van der Waals surface area contributed by atoms with Gasteiger partial charge < -0.3 is 4.90 Å². The molecule has 134 valence electrons. The van der Waals surface area contributed by atoms with E-state index in [4.69, 9.17) is 8.74 Å². The number of hydrogen-bond acceptors (Lipinski definition) is 4. The van der Waals surface area contributed by atoms with Crippen molar-refractivity contribution in [2.45, 2.75) is 83.7 Å². The molecule has 1 unspecified atom stereocenters. The molecule has 0 aliphatic carbocycles. The van der Waals surface area contributed by atoms with Crippen molar-refractivity contribution >= 4 is 10.4 Å².